The molecule has 0 heterocycles. The molecule has 0 spiro atoms. The SMILES string of the molecule is CON(C)C(=O)C1CC1c1ccc([N+](=O)[O-])cc1. The number of hydrogen-bond acceptors (Lipinski definition) is 4. The molecule has 0 aromatic heterocycles. The molecule has 0 bridgehead atoms. The maximum absolute atomic E-state index is 11.8. The molecule has 1 aromatic rings. The second-order valence-corrected chi connectivity index (χ2v) is 4.32. The standard InChI is InChI=1S/C12H14N2O4/c1-13(18-2)12(15)11-7-10(11)8-3-5-9(6-4-8)14(16)17/h3-6,10-11H,7H2,1-2H3. The third-order valence-corrected chi connectivity index (χ3v) is 3.22. The van der Waals surface area contributed by atoms with Gasteiger partial charge in [0.1, 0.15) is 0 Å². The van der Waals surface area contributed by atoms with Gasteiger partial charge in [-0.15, -0.1) is 0 Å². The monoisotopic (exact) mass is 250 g/mol. The van der Waals surface area contributed by atoms with Crippen LogP contribution in [0.4, 0.5) is 5.69 Å². The molecule has 2 atom stereocenters. The summed E-state index contributed by atoms with van der Waals surface area (Å²) in [5.74, 6) is 0.0214. The van der Waals surface area contributed by atoms with E-state index in [0.29, 0.717) is 0 Å². The molecule has 6 nitrogen and oxygen atoms in total. The first-order chi connectivity index (χ1) is 8.54. The fourth-order valence-corrected chi connectivity index (χ4v) is 2.00. The number of non-ortho nitro benzene ring substituents is 1. The molecule has 1 amide bonds. The number of carbonyl (C=O) groups is 1. The summed E-state index contributed by atoms with van der Waals surface area (Å²) in [7, 11) is 3.02. The van der Waals surface area contributed by atoms with Crippen LogP contribution in [0, 0.1) is 16.0 Å². The van der Waals surface area contributed by atoms with Gasteiger partial charge in [-0.3, -0.25) is 19.7 Å². The van der Waals surface area contributed by atoms with Gasteiger partial charge < -0.3 is 0 Å². The Balaban J connectivity index is 2.03. The van der Waals surface area contributed by atoms with Crippen LogP contribution in [0.15, 0.2) is 24.3 Å². The lowest BCUT2D eigenvalue weighted by Crippen LogP contribution is -2.27. The summed E-state index contributed by atoms with van der Waals surface area (Å²) in [6, 6.07) is 6.36. The van der Waals surface area contributed by atoms with E-state index >= 15 is 0 Å². The molecule has 2 rings (SSSR count). The number of benzene rings is 1. The van der Waals surface area contributed by atoms with Crippen molar-refractivity contribution >= 4 is 11.6 Å². The van der Waals surface area contributed by atoms with Crippen LogP contribution in [-0.2, 0) is 9.63 Å². The normalized spacial score (nSPS) is 21.4. The van der Waals surface area contributed by atoms with Gasteiger partial charge in [0, 0.05) is 25.1 Å². The Morgan fingerprint density at radius 2 is 2.06 bits per heavy atom. The van der Waals surface area contributed by atoms with Gasteiger partial charge in [0.2, 0.25) is 5.91 Å². The van der Waals surface area contributed by atoms with E-state index in [0.717, 1.165) is 12.0 Å². The van der Waals surface area contributed by atoms with Crippen LogP contribution >= 0.6 is 0 Å². The van der Waals surface area contributed by atoms with Gasteiger partial charge in [0.05, 0.1) is 12.0 Å². The van der Waals surface area contributed by atoms with Crippen molar-refractivity contribution in [3.05, 3.63) is 39.9 Å². The van der Waals surface area contributed by atoms with Crippen molar-refractivity contribution in [2.24, 2.45) is 5.92 Å². The molecule has 1 aliphatic carbocycles. The van der Waals surface area contributed by atoms with Crippen LogP contribution in [0.1, 0.15) is 17.9 Å². The van der Waals surface area contributed by atoms with Gasteiger partial charge >= 0.3 is 0 Å². The first-order valence-electron chi connectivity index (χ1n) is 5.60. The van der Waals surface area contributed by atoms with Gasteiger partial charge in [0.25, 0.3) is 5.69 Å². The van der Waals surface area contributed by atoms with Crippen molar-refractivity contribution in [2.45, 2.75) is 12.3 Å². The topological polar surface area (TPSA) is 72.7 Å². The van der Waals surface area contributed by atoms with E-state index in [1.807, 2.05) is 0 Å². The Hall–Kier alpha value is -1.95. The van der Waals surface area contributed by atoms with Crippen LogP contribution in [0.2, 0.25) is 0 Å². The number of nitro groups is 1. The van der Waals surface area contributed by atoms with E-state index in [4.69, 9.17) is 4.84 Å². The zero-order valence-electron chi connectivity index (χ0n) is 10.2. The molecule has 1 aliphatic rings. The predicted molar refractivity (Wildman–Crippen MR) is 63.7 cm³/mol. The minimum absolute atomic E-state index is 0.0548. The van der Waals surface area contributed by atoms with Crippen molar-refractivity contribution < 1.29 is 14.6 Å². The fourth-order valence-electron chi connectivity index (χ4n) is 2.00. The van der Waals surface area contributed by atoms with Gasteiger partial charge in [-0.05, 0) is 17.9 Å². The zero-order chi connectivity index (χ0) is 13.3. The van der Waals surface area contributed by atoms with E-state index in [1.165, 1.54) is 24.3 Å². The molecule has 18 heavy (non-hydrogen) atoms. The number of nitrogens with zero attached hydrogens (tertiary/aromatic N) is 2. The van der Waals surface area contributed by atoms with E-state index < -0.39 is 4.92 Å². The molecule has 1 fully saturated rings. The van der Waals surface area contributed by atoms with Crippen LogP contribution in [-0.4, -0.2) is 30.1 Å². The maximum Gasteiger partial charge on any atom is 0.269 e. The van der Waals surface area contributed by atoms with Crippen molar-refractivity contribution in [3.63, 3.8) is 0 Å². The molecule has 96 valence electrons. The van der Waals surface area contributed by atoms with Gasteiger partial charge in [-0.2, -0.15) is 0 Å². The highest BCUT2D eigenvalue weighted by Crippen LogP contribution is 2.48. The minimum Gasteiger partial charge on any atom is -0.275 e. The number of amides is 1. The molecule has 1 saturated carbocycles. The Bertz CT molecular complexity index is 471. The van der Waals surface area contributed by atoms with Gasteiger partial charge in [0.15, 0.2) is 0 Å². The maximum atomic E-state index is 11.8. The first-order valence-corrected chi connectivity index (χ1v) is 5.60. The Morgan fingerprint density at radius 3 is 2.56 bits per heavy atom. The van der Waals surface area contributed by atoms with E-state index in [-0.39, 0.29) is 23.4 Å². The quantitative estimate of drug-likeness (QED) is 0.602. The molecule has 0 radical (unpaired) electrons. The number of hydrogen-bond donors (Lipinski definition) is 0. The Labute approximate surface area is 104 Å². The number of carbonyl (C=O) groups excluding carboxylic acids is 1. The summed E-state index contributed by atoms with van der Waals surface area (Å²) in [5.41, 5.74) is 1.03. The molecular weight excluding hydrogens is 236 g/mol. The van der Waals surface area contributed by atoms with E-state index in [9.17, 15) is 14.9 Å². The average Bonchev–Trinajstić information content (AvgIpc) is 3.17. The van der Waals surface area contributed by atoms with Crippen LogP contribution < -0.4 is 0 Å². The number of rotatable bonds is 4. The Kier molecular flexibility index (Phi) is 3.29. The second kappa shape index (κ2) is 4.73. The smallest absolute Gasteiger partial charge is 0.269 e. The summed E-state index contributed by atoms with van der Waals surface area (Å²) >= 11 is 0. The van der Waals surface area contributed by atoms with Crippen LogP contribution in [0.5, 0.6) is 0 Å². The summed E-state index contributed by atoms with van der Waals surface area (Å²) in [6.45, 7) is 0. The Morgan fingerprint density at radius 1 is 1.44 bits per heavy atom. The van der Waals surface area contributed by atoms with E-state index in [1.54, 1.807) is 19.2 Å². The first kappa shape index (κ1) is 12.5. The molecule has 6 heteroatoms. The summed E-state index contributed by atoms with van der Waals surface area (Å²) < 4.78 is 0. The molecular formula is C12H14N2O4. The molecule has 0 aliphatic heterocycles. The van der Waals surface area contributed by atoms with Crippen LogP contribution in [0.25, 0.3) is 0 Å². The highest BCUT2D eigenvalue weighted by Gasteiger charge is 2.45. The number of nitro benzene ring substituents is 1. The average molecular weight is 250 g/mol. The zero-order valence-corrected chi connectivity index (χ0v) is 10.2. The lowest BCUT2D eigenvalue weighted by molar-refractivity contribution is -0.384. The lowest BCUT2D eigenvalue weighted by atomic mass is 10.1. The molecule has 2 unspecified atom stereocenters. The summed E-state index contributed by atoms with van der Waals surface area (Å²) in [5, 5.41) is 11.7. The van der Waals surface area contributed by atoms with Crippen LogP contribution in [0.3, 0.4) is 0 Å². The predicted octanol–water partition coefficient (Wildman–Crippen LogP) is 1.72. The third-order valence-electron chi connectivity index (χ3n) is 3.22. The largest absolute Gasteiger partial charge is 0.275 e. The fraction of sp³-hybridized carbons (Fsp3) is 0.417. The van der Waals surface area contributed by atoms with Gasteiger partial charge in [-0.25, -0.2) is 5.06 Å². The number of hydroxylamine groups is 2. The molecule has 0 saturated heterocycles. The highest BCUT2D eigenvalue weighted by atomic mass is 16.7. The van der Waals surface area contributed by atoms with Crippen molar-refractivity contribution in [2.75, 3.05) is 14.2 Å². The van der Waals surface area contributed by atoms with Crippen molar-refractivity contribution in [3.8, 4) is 0 Å². The molecule has 1 aromatic carbocycles. The highest BCUT2D eigenvalue weighted by molar-refractivity contribution is 5.81. The summed E-state index contributed by atoms with van der Waals surface area (Å²) in [4.78, 5) is 26.7. The van der Waals surface area contributed by atoms with Crippen molar-refractivity contribution in [1.29, 1.82) is 0 Å². The van der Waals surface area contributed by atoms with E-state index in [2.05, 4.69) is 0 Å². The summed E-state index contributed by atoms with van der Waals surface area (Å²) in [6.07, 6.45) is 0.768. The molecule has 0 N–H and O–H groups in total. The van der Waals surface area contributed by atoms with Gasteiger partial charge in [-0.1, -0.05) is 12.1 Å². The third kappa shape index (κ3) is 2.33. The lowest BCUT2D eigenvalue weighted by Gasteiger charge is -2.13. The van der Waals surface area contributed by atoms with Crippen molar-refractivity contribution in [1.82, 2.24) is 5.06 Å². The second-order valence-electron chi connectivity index (χ2n) is 4.32. The minimum atomic E-state index is -0.433.